The lowest BCUT2D eigenvalue weighted by atomic mass is 10.1. The first-order valence-electron chi connectivity index (χ1n) is 7.58. The summed E-state index contributed by atoms with van der Waals surface area (Å²) in [4.78, 5) is 27.5. The number of aromatic nitrogens is 1. The van der Waals surface area contributed by atoms with E-state index in [1.807, 2.05) is 24.3 Å². The number of aliphatic hydroxyl groups is 1. The third-order valence-corrected chi connectivity index (χ3v) is 3.86. The number of rotatable bonds is 5. The monoisotopic (exact) mass is 323 g/mol. The average molecular weight is 323 g/mol. The minimum atomic E-state index is -1.40. The molecule has 0 aliphatic rings. The third-order valence-electron chi connectivity index (χ3n) is 3.86. The average Bonchev–Trinajstić information content (AvgIpc) is 2.95. The molecule has 0 aliphatic carbocycles. The molecular formula is C19H17NO4. The normalized spacial score (nSPS) is 12.1. The second-order valence-corrected chi connectivity index (χ2v) is 5.51. The summed E-state index contributed by atoms with van der Waals surface area (Å²) in [6.45, 7) is 1.39. The van der Waals surface area contributed by atoms with E-state index in [-0.39, 0.29) is 5.78 Å². The van der Waals surface area contributed by atoms with Crippen molar-refractivity contribution in [1.82, 2.24) is 4.98 Å². The number of esters is 1. The van der Waals surface area contributed by atoms with E-state index < -0.39 is 18.7 Å². The van der Waals surface area contributed by atoms with Crippen LogP contribution >= 0.6 is 0 Å². The number of hydrogen-bond acceptors (Lipinski definition) is 4. The van der Waals surface area contributed by atoms with Crippen molar-refractivity contribution in [1.29, 1.82) is 0 Å². The molecule has 1 heterocycles. The summed E-state index contributed by atoms with van der Waals surface area (Å²) >= 11 is 0. The molecule has 3 aromatic rings. The van der Waals surface area contributed by atoms with Gasteiger partial charge >= 0.3 is 5.97 Å². The van der Waals surface area contributed by atoms with Crippen LogP contribution in [0, 0.1) is 6.92 Å². The number of hydrogen-bond donors (Lipinski definition) is 2. The summed E-state index contributed by atoms with van der Waals surface area (Å²) in [6.07, 6.45) is -1.40. The number of fused-ring (bicyclic) bond motifs is 1. The zero-order valence-corrected chi connectivity index (χ0v) is 13.2. The lowest BCUT2D eigenvalue weighted by molar-refractivity contribution is -0.152. The fourth-order valence-corrected chi connectivity index (χ4v) is 2.70. The maximum absolute atomic E-state index is 12.4. The van der Waals surface area contributed by atoms with E-state index in [0.29, 0.717) is 11.1 Å². The van der Waals surface area contributed by atoms with Crippen molar-refractivity contribution in [2.24, 2.45) is 0 Å². The van der Waals surface area contributed by atoms with Crippen molar-refractivity contribution >= 4 is 22.7 Å². The fraction of sp³-hybridized carbons (Fsp3) is 0.158. The molecule has 0 fully saturated rings. The van der Waals surface area contributed by atoms with Crippen molar-refractivity contribution in [3.05, 3.63) is 71.4 Å². The summed E-state index contributed by atoms with van der Waals surface area (Å²) in [5.74, 6) is -1.15. The Morgan fingerprint density at radius 3 is 2.50 bits per heavy atom. The van der Waals surface area contributed by atoms with Crippen molar-refractivity contribution < 1.29 is 19.4 Å². The third kappa shape index (κ3) is 3.07. The van der Waals surface area contributed by atoms with Gasteiger partial charge in [0.2, 0.25) is 5.78 Å². The Kier molecular flexibility index (Phi) is 4.44. The first-order valence-corrected chi connectivity index (χ1v) is 7.58. The van der Waals surface area contributed by atoms with Gasteiger partial charge in [0.25, 0.3) is 0 Å². The number of aromatic amines is 1. The number of H-pyrrole nitrogens is 1. The summed E-state index contributed by atoms with van der Waals surface area (Å²) < 4.78 is 5.00. The molecule has 5 nitrogen and oxygen atoms in total. The van der Waals surface area contributed by atoms with Crippen LogP contribution < -0.4 is 0 Å². The molecule has 0 amide bonds. The molecule has 0 aliphatic heterocycles. The largest absolute Gasteiger partial charge is 0.455 e. The summed E-state index contributed by atoms with van der Waals surface area (Å²) in [7, 11) is 0. The molecule has 0 saturated carbocycles. The predicted molar refractivity (Wildman–Crippen MR) is 89.7 cm³/mol. The van der Waals surface area contributed by atoms with Gasteiger partial charge in [0.15, 0.2) is 12.7 Å². The Labute approximate surface area is 138 Å². The van der Waals surface area contributed by atoms with E-state index in [9.17, 15) is 14.7 Å². The Morgan fingerprint density at radius 1 is 1.08 bits per heavy atom. The summed E-state index contributed by atoms with van der Waals surface area (Å²) in [6, 6.07) is 15.9. The molecule has 0 saturated heterocycles. The van der Waals surface area contributed by atoms with Crippen molar-refractivity contribution in [3.63, 3.8) is 0 Å². The highest BCUT2D eigenvalue weighted by molar-refractivity contribution is 6.10. The van der Waals surface area contributed by atoms with E-state index in [0.717, 1.165) is 16.6 Å². The molecule has 0 spiro atoms. The van der Waals surface area contributed by atoms with E-state index in [2.05, 4.69) is 4.98 Å². The van der Waals surface area contributed by atoms with Gasteiger partial charge in [-0.3, -0.25) is 4.79 Å². The topological polar surface area (TPSA) is 79.4 Å². The smallest absolute Gasteiger partial charge is 0.340 e. The molecule has 1 atom stereocenters. The lowest BCUT2D eigenvalue weighted by Crippen LogP contribution is -2.20. The van der Waals surface area contributed by atoms with Gasteiger partial charge in [-0.25, -0.2) is 4.79 Å². The molecule has 122 valence electrons. The van der Waals surface area contributed by atoms with Crippen molar-refractivity contribution in [3.8, 4) is 0 Å². The maximum Gasteiger partial charge on any atom is 0.340 e. The second kappa shape index (κ2) is 6.68. The highest BCUT2D eigenvalue weighted by Gasteiger charge is 2.22. The molecule has 0 radical (unpaired) electrons. The second-order valence-electron chi connectivity index (χ2n) is 5.51. The molecule has 1 aromatic heterocycles. The molecule has 5 heteroatoms. The van der Waals surface area contributed by atoms with Crippen LogP contribution in [-0.4, -0.2) is 28.4 Å². The Morgan fingerprint density at radius 2 is 1.75 bits per heavy atom. The Bertz CT molecular complexity index is 883. The van der Waals surface area contributed by atoms with E-state index in [4.69, 9.17) is 4.74 Å². The van der Waals surface area contributed by atoms with Gasteiger partial charge in [-0.2, -0.15) is 0 Å². The minimum Gasteiger partial charge on any atom is -0.455 e. The van der Waals surface area contributed by atoms with Crippen LogP contribution in [0.1, 0.15) is 27.7 Å². The highest BCUT2D eigenvalue weighted by Crippen LogP contribution is 2.22. The quantitative estimate of drug-likeness (QED) is 0.559. The summed E-state index contributed by atoms with van der Waals surface area (Å²) in [5, 5.41) is 10.8. The first-order chi connectivity index (χ1) is 11.6. The fourth-order valence-electron chi connectivity index (χ4n) is 2.70. The maximum atomic E-state index is 12.4. The zero-order valence-electron chi connectivity index (χ0n) is 13.2. The number of aliphatic hydroxyl groups excluding tert-OH is 1. The van der Waals surface area contributed by atoms with Gasteiger partial charge < -0.3 is 14.8 Å². The number of carbonyl (C=O) groups is 2. The minimum absolute atomic E-state index is 0.307. The van der Waals surface area contributed by atoms with Crippen molar-refractivity contribution in [2.45, 2.75) is 13.0 Å². The van der Waals surface area contributed by atoms with Crippen LogP contribution in [0.5, 0.6) is 0 Å². The Hall–Kier alpha value is -2.92. The van der Waals surface area contributed by atoms with E-state index in [1.165, 1.54) is 0 Å². The van der Waals surface area contributed by atoms with E-state index >= 15 is 0 Å². The van der Waals surface area contributed by atoms with Crippen LogP contribution in [0.2, 0.25) is 0 Å². The number of para-hydroxylation sites is 1. The van der Waals surface area contributed by atoms with Gasteiger partial charge in [0.1, 0.15) is 0 Å². The molecular weight excluding hydrogens is 306 g/mol. The predicted octanol–water partition coefficient (Wildman–Crippen LogP) is 2.94. The molecule has 0 bridgehead atoms. The number of carbonyl (C=O) groups excluding carboxylic acids is 2. The SMILES string of the molecule is Cc1[nH]c2ccccc2c1C(=O)COC(=O)[C@H](O)c1ccccc1. The van der Waals surface area contributed by atoms with Gasteiger partial charge in [0, 0.05) is 22.2 Å². The number of aryl methyl sites for hydroxylation is 1. The number of benzene rings is 2. The van der Waals surface area contributed by atoms with Crippen LogP contribution in [0.3, 0.4) is 0 Å². The lowest BCUT2D eigenvalue weighted by Gasteiger charge is -2.10. The van der Waals surface area contributed by atoms with Crippen molar-refractivity contribution in [2.75, 3.05) is 6.61 Å². The highest BCUT2D eigenvalue weighted by atomic mass is 16.5. The molecule has 3 rings (SSSR count). The number of ether oxygens (including phenoxy) is 1. The number of ketones is 1. The van der Waals surface area contributed by atoms with Gasteiger partial charge in [-0.1, -0.05) is 48.5 Å². The van der Waals surface area contributed by atoms with Gasteiger partial charge in [-0.05, 0) is 18.6 Å². The molecule has 2 N–H and O–H groups in total. The van der Waals surface area contributed by atoms with Crippen LogP contribution in [0.15, 0.2) is 54.6 Å². The Balaban J connectivity index is 1.71. The van der Waals surface area contributed by atoms with Crippen LogP contribution in [-0.2, 0) is 9.53 Å². The molecule has 0 unspecified atom stereocenters. The molecule has 2 aromatic carbocycles. The van der Waals surface area contributed by atoms with Gasteiger partial charge in [0.05, 0.1) is 0 Å². The van der Waals surface area contributed by atoms with Crippen LogP contribution in [0.4, 0.5) is 0 Å². The van der Waals surface area contributed by atoms with Gasteiger partial charge in [-0.15, -0.1) is 0 Å². The first kappa shape index (κ1) is 16.0. The number of nitrogens with one attached hydrogen (secondary N) is 1. The van der Waals surface area contributed by atoms with E-state index in [1.54, 1.807) is 37.3 Å². The molecule has 24 heavy (non-hydrogen) atoms. The van der Waals surface area contributed by atoms with Crippen LogP contribution in [0.25, 0.3) is 10.9 Å². The summed E-state index contributed by atoms with van der Waals surface area (Å²) in [5.41, 5.74) is 2.51. The number of Topliss-reactive ketones (excluding diaryl/α,β-unsaturated/α-hetero) is 1. The standard InChI is InChI=1S/C19H17NO4/c1-12-17(14-9-5-6-10-15(14)20-12)16(21)11-24-19(23)18(22)13-7-3-2-4-8-13/h2-10,18,20,22H,11H2,1H3/t18-/m1/s1. The zero-order chi connectivity index (χ0) is 17.1.